The number of nitrogens with zero attached hydrogens (tertiary/aromatic N) is 4. The Morgan fingerprint density at radius 2 is 2.18 bits per heavy atom. The van der Waals surface area contributed by atoms with E-state index < -0.39 is 0 Å². The maximum Gasteiger partial charge on any atom is 0.171 e. The summed E-state index contributed by atoms with van der Waals surface area (Å²) in [6.07, 6.45) is 4.68. The van der Waals surface area contributed by atoms with E-state index in [2.05, 4.69) is 29.1 Å². The molecule has 0 bridgehead atoms. The van der Waals surface area contributed by atoms with Crippen molar-refractivity contribution in [1.82, 2.24) is 19.9 Å². The van der Waals surface area contributed by atoms with E-state index in [1.807, 2.05) is 4.68 Å². The number of hydrogen-bond acceptors (Lipinski definition) is 4. The summed E-state index contributed by atoms with van der Waals surface area (Å²) < 4.78 is 1.84. The van der Waals surface area contributed by atoms with Gasteiger partial charge in [-0.1, -0.05) is 19.1 Å². The van der Waals surface area contributed by atoms with E-state index in [1.165, 1.54) is 6.54 Å². The summed E-state index contributed by atoms with van der Waals surface area (Å²) in [5.41, 5.74) is 0.426. The maximum atomic E-state index is 10.6. The van der Waals surface area contributed by atoms with E-state index in [4.69, 9.17) is 0 Å². The number of rotatable bonds is 4. The van der Waals surface area contributed by atoms with Crippen LogP contribution < -0.4 is 0 Å². The van der Waals surface area contributed by atoms with Crippen LogP contribution in [0, 0.1) is 5.92 Å². The topological polar surface area (TPSA) is 51.0 Å². The molecule has 0 amide bonds. The van der Waals surface area contributed by atoms with Crippen molar-refractivity contribution >= 4 is 6.29 Å². The zero-order valence-electron chi connectivity index (χ0n) is 10.5. The molecule has 0 N–H and O–H groups in total. The molecule has 0 saturated carbocycles. The zero-order valence-corrected chi connectivity index (χ0v) is 10.5. The minimum absolute atomic E-state index is 0.402. The maximum absolute atomic E-state index is 10.6. The predicted octanol–water partition coefficient (Wildman–Crippen LogP) is 1.38. The summed E-state index contributed by atoms with van der Waals surface area (Å²) >= 11 is 0. The van der Waals surface area contributed by atoms with Gasteiger partial charge in [0.25, 0.3) is 0 Å². The zero-order chi connectivity index (χ0) is 12.3. The van der Waals surface area contributed by atoms with Gasteiger partial charge in [-0.15, -0.1) is 5.10 Å². The van der Waals surface area contributed by atoms with Gasteiger partial charge in [-0.05, 0) is 18.8 Å². The van der Waals surface area contributed by atoms with Crippen molar-refractivity contribution in [2.45, 2.75) is 32.7 Å². The lowest BCUT2D eigenvalue weighted by atomic mass is 10.0. The summed E-state index contributed by atoms with van der Waals surface area (Å²) in [7, 11) is 0. The first-order chi connectivity index (χ1) is 8.19. The number of carbonyl (C=O) groups is 1. The fraction of sp³-hybridized carbons (Fsp3) is 0.750. The Morgan fingerprint density at radius 3 is 2.71 bits per heavy atom. The summed E-state index contributed by atoms with van der Waals surface area (Å²) in [6.45, 7) is 7.89. The molecule has 1 saturated heterocycles. The van der Waals surface area contributed by atoms with E-state index in [1.54, 1.807) is 6.20 Å². The van der Waals surface area contributed by atoms with Crippen LogP contribution in [-0.2, 0) is 0 Å². The third kappa shape index (κ3) is 3.12. The fourth-order valence-electron chi connectivity index (χ4n) is 2.41. The predicted molar refractivity (Wildman–Crippen MR) is 65.0 cm³/mol. The normalized spacial score (nSPS) is 18.8. The van der Waals surface area contributed by atoms with Gasteiger partial charge in [0.15, 0.2) is 6.29 Å². The standard InChI is InChI=1S/C12H20N4O/c1-10(2)7-15-5-3-12(4-6-15)16-8-11(9-17)13-14-16/h8-10,12H,3-7H2,1-2H3. The average molecular weight is 236 g/mol. The summed E-state index contributed by atoms with van der Waals surface area (Å²) in [6, 6.07) is 0.402. The van der Waals surface area contributed by atoms with Gasteiger partial charge in [0.1, 0.15) is 5.69 Å². The van der Waals surface area contributed by atoms with Crippen LogP contribution in [0.4, 0.5) is 0 Å². The van der Waals surface area contributed by atoms with Crippen molar-refractivity contribution in [3.8, 4) is 0 Å². The molecule has 2 heterocycles. The second-order valence-corrected chi connectivity index (χ2v) is 5.17. The van der Waals surface area contributed by atoms with Gasteiger partial charge in [0.05, 0.1) is 12.2 Å². The first-order valence-corrected chi connectivity index (χ1v) is 6.28. The van der Waals surface area contributed by atoms with Crippen LogP contribution in [0.5, 0.6) is 0 Å². The summed E-state index contributed by atoms with van der Waals surface area (Å²) in [5, 5.41) is 7.82. The molecule has 1 aliphatic heterocycles. The van der Waals surface area contributed by atoms with Gasteiger partial charge in [-0.2, -0.15) is 0 Å². The third-order valence-electron chi connectivity index (χ3n) is 3.20. The number of aromatic nitrogens is 3. The van der Waals surface area contributed by atoms with Gasteiger partial charge < -0.3 is 4.90 Å². The monoisotopic (exact) mass is 236 g/mol. The largest absolute Gasteiger partial charge is 0.303 e. The Kier molecular flexibility index (Phi) is 3.89. The Labute approximate surface area is 102 Å². The van der Waals surface area contributed by atoms with Crippen molar-refractivity contribution in [1.29, 1.82) is 0 Å². The van der Waals surface area contributed by atoms with E-state index in [0.717, 1.165) is 38.1 Å². The van der Waals surface area contributed by atoms with Crippen molar-refractivity contribution in [2.75, 3.05) is 19.6 Å². The SMILES string of the molecule is CC(C)CN1CCC(n2cc(C=O)nn2)CC1. The molecule has 5 nitrogen and oxygen atoms in total. The molecule has 0 unspecified atom stereocenters. The minimum Gasteiger partial charge on any atom is -0.303 e. The Bertz CT molecular complexity index is 366. The first kappa shape index (κ1) is 12.2. The van der Waals surface area contributed by atoms with Gasteiger partial charge >= 0.3 is 0 Å². The van der Waals surface area contributed by atoms with Crippen molar-refractivity contribution in [3.05, 3.63) is 11.9 Å². The Hall–Kier alpha value is -1.23. The van der Waals surface area contributed by atoms with Crippen LogP contribution in [-0.4, -0.2) is 45.8 Å². The molecule has 0 aromatic carbocycles. The number of hydrogen-bond donors (Lipinski definition) is 0. The van der Waals surface area contributed by atoms with E-state index in [9.17, 15) is 4.79 Å². The number of likely N-dealkylation sites (tertiary alicyclic amines) is 1. The molecule has 1 aromatic rings. The van der Waals surface area contributed by atoms with Crippen LogP contribution in [0.2, 0.25) is 0 Å². The summed E-state index contributed by atoms with van der Waals surface area (Å²) in [5.74, 6) is 0.722. The smallest absolute Gasteiger partial charge is 0.171 e. The van der Waals surface area contributed by atoms with Crippen LogP contribution in [0.3, 0.4) is 0 Å². The molecule has 1 aromatic heterocycles. The van der Waals surface area contributed by atoms with Crippen molar-refractivity contribution < 1.29 is 4.79 Å². The van der Waals surface area contributed by atoms with E-state index in [0.29, 0.717) is 11.7 Å². The second-order valence-electron chi connectivity index (χ2n) is 5.17. The lowest BCUT2D eigenvalue weighted by Gasteiger charge is -2.32. The molecule has 17 heavy (non-hydrogen) atoms. The Balaban J connectivity index is 1.88. The molecule has 1 fully saturated rings. The van der Waals surface area contributed by atoms with E-state index in [-0.39, 0.29) is 0 Å². The highest BCUT2D eigenvalue weighted by Gasteiger charge is 2.21. The molecular weight excluding hydrogens is 216 g/mol. The molecule has 94 valence electrons. The molecule has 1 aliphatic rings. The highest BCUT2D eigenvalue weighted by Crippen LogP contribution is 2.21. The van der Waals surface area contributed by atoms with Crippen molar-refractivity contribution in [2.24, 2.45) is 5.92 Å². The van der Waals surface area contributed by atoms with E-state index >= 15 is 0 Å². The molecule has 0 aliphatic carbocycles. The minimum atomic E-state index is 0.402. The highest BCUT2D eigenvalue weighted by atomic mass is 16.1. The average Bonchev–Trinajstić information content (AvgIpc) is 2.78. The molecule has 5 heteroatoms. The molecule has 0 radical (unpaired) electrons. The fourth-order valence-corrected chi connectivity index (χ4v) is 2.41. The quantitative estimate of drug-likeness (QED) is 0.741. The van der Waals surface area contributed by atoms with Gasteiger partial charge in [0, 0.05) is 19.6 Å². The molecule has 0 spiro atoms. The molecule has 0 atom stereocenters. The lowest BCUT2D eigenvalue weighted by Crippen LogP contribution is -2.37. The second kappa shape index (κ2) is 5.40. The number of piperidine rings is 1. The number of carbonyl (C=O) groups excluding carboxylic acids is 1. The van der Waals surface area contributed by atoms with Gasteiger partial charge in [-0.25, -0.2) is 4.68 Å². The van der Waals surface area contributed by atoms with Crippen LogP contribution in [0.25, 0.3) is 0 Å². The highest BCUT2D eigenvalue weighted by molar-refractivity contribution is 5.70. The first-order valence-electron chi connectivity index (χ1n) is 6.28. The van der Waals surface area contributed by atoms with Gasteiger partial charge in [0.2, 0.25) is 0 Å². The Morgan fingerprint density at radius 1 is 1.47 bits per heavy atom. The van der Waals surface area contributed by atoms with Gasteiger partial charge in [-0.3, -0.25) is 4.79 Å². The van der Waals surface area contributed by atoms with Crippen LogP contribution >= 0.6 is 0 Å². The molecular formula is C12H20N4O. The molecule has 2 rings (SSSR count). The van der Waals surface area contributed by atoms with Crippen LogP contribution in [0.1, 0.15) is 43.2 Å². The third-order valence-corrected chi connectivity index (χ3v) is 3.20. The van der Waals surface area contributed by atoms with Crippen LogP contribution in [0.15, 0.2) is 6.20 Å². The number of aldehydes is 1. The lowest BCUT2D eigenvalue weighted by molar-refractivity contribution is 0.111. The summed E-state index contributed by atoms with van der Waals surface area (Å²) in [4.78, 5) is 13.1. The van der Waals surface area contributed by atoms with Crippen molar-refractivity contribution in [3.63, 3.8) is 0 Å².